The number of likely N-dealkylation sites (N-methyl/N-ethyl adjacent to an activating group) is 1. The van der Waals surface area contributed by atoms with Crippen LogP contribution in [0.15, 0.2) is 17.0 Å². The zero-order valence-corrected chi connectivity index (χ0v) is 14.0. The molecule has 0 aliphatic carbocycles. The van der Waals surface area contributed by atoms with E-state index in [2.05, 4.69) is 0 Å². The Morgan fingerprint density at radius 1 is 1.43 bits per heavy atom. The molecule has 1 rings (SSSR count). The third kappa shape index (κ3) is 3.67. The number of carboxylic acid groups (broad SMARTS) is 1. The average molecular weight is 356 g/mol. The molecule has 0 aliphatic heterocycles. The molecule has 1 aromatic carbocycles. The van der Waals surface area contributed by atoms with Gasteiger partial charge < -0.3 is 9.84 Å². The van der Waals surface area contributed by atoms with Crippen molar-refractivity contribution in [2.75, 3.05) is 20.8 Å². The van der Waals surface area contributed by atoms with Crippen molar-refractivity contribution in [3.8, 4) is 0 Å². The minimum atomic E-state index is -3.96. The van der Waals surface area contributed by atoms with Crippen LogP contribution < -0.4 is 0 Å². The van der Waals surface area contributed by atoms with Gasteiger partial charge in [0.1, 0.15) is 4.90 Å². The molecule has 0 saturated carbocycles. The Labute approximate surface area is 133 Å². The van der Waals surface area contributed by atoms with Crippen molar-refractivity contribution in [3.63, 3.8) is 0 Å². The van der Waals surface area contributed by atoms with Crippen molar-refractivity contribution in [1.82, 2.24) is 4.31 Å². The fourth-order valence-electron chi connectivity index (χ4n) is 1.67. The highest BCUT2D eigenvalue weighted by Crippen LogP contribution is 2.32. The summed E-state index contributed by atoms with van der Waals surface area (Å²) >= 11 is 11.7. The Kier molecular flexibility index (Phi) is 6.01. The molecule has 0 aliphatic rings. The minimum absolute atomic E-state index is 0.126. The summed E-state index contributed by atoms with van der Waals surface area (Å²) in [5.74, 6) is -1.39. The Morgan fingerprint density at radius 2 is 2.00 bits per heavy atom. The van der Waals surface area contributed by atoms with Gasteiger partial charge in [0.05, 0.1) is 22.2 Å². The maximum atomic E-state index is 12.5. The molecule has 1 atom stereocenters. The Bertz CT molecular complexity index is 647. The molecule has 21 heavy (non-hydrogen) atoms. The highest BCUT2D eigenvalue weighted by Gasteiger charge is 2.30. The second-order valence-electron chi connectivity index (χ2n) is 4.37. The van der Waals surface area contributed by atoms with Crippen LogP contribution in [0.4, 0.5) is 0 Å². The largest absolute Gasteiger partial charge is 0.478 e. The van der Waals surface area contributed by atoms with Gasteiger partial charge in [0.2, 0.25) is 10.0 Å². The number of nitrogens with zero attached hydrogens (tertiary/aromatic N) is 1. The SMILES string of the molecule is COCC(C)N(C)S(=O)(=O)c1ccc(Cl)c(C(=O)O)c1Cl. The number of carbonyl (C=O) groups is 1. The van der Waals surface area contributed by atoms with Crippen molar-refractivity contribution >= 4 is 39.2 Å². The van der Waals surface area contributed by atoms with Crippen LogP contribution in [0.25, 0.3) is 0 Å². The van der Waals surface area contributed by atoms with Crippen LogP contribution in [0, 0.1) is 0 Å². The van der Waals surface area contributed by atoms with Gasteiger partial charge in [0, 0.05) is 20.2 Å². The van der Waals surface area contributed by atoms with E-state index in [1.165, 1.54) is 26.3 Å². The average Bonchev–Trinajstić information content (AvgIpc) is 2.37. The standard InChI is InChI=1S/C12H15Cl2NO5S/c1-7(6-20-3)15(2)21(18,19)9-5-4-8(13)10(11(9)14)12(16)17/h4-5,7H,6H2,1-3H3,(H,16,17). The van der Waals surface area contributed by atoms with E-state index in [1.54, 1.807) is 6.92 Å². The van der Waals surface area contributed by atoms with Crippen LogP contribution in [-0.2, 0) is 14.8 Å². The summed E-state index contributed by atoms with van der Waals surface area (Å²) < 4.78 is 31.0. The lowest BCUT2D eigenvalue weighted by Crippen LogP contribution is -2.38. The first kappa shape index (κ1) is 18.2. The quantitative estimate of drug-likeness (QED) is 0.846. The van der Waals surface area contributed by atoms with Crippen LogP contribution in [0.5, 0.6) is 0 Å². The van der Waals surface area contributed by atoms with E-state index < -0.39 is 32.6 Å². The first-order valence-corrected chi connectivity index (χ1v) is 8.02. The molecule has 0 amide bonds. The van der Waals surface area contributed by atoms with E-state index in [0.717, 1.165) is 4.31 Å². The molecular weight excluding hydrogens is 341 g/mol. The van der Waals surface area contributed by atoms with Crippen molar-refractivity contribution in [2.45, 2.75) is 17.9 Å². The van der Waals surface area contributed by atoms with Gasteiger partial charge in [-0.1, -0.05) is 23.2 Å². The fourth-order valence-corrected chi connectivity index (χ4v) is 3.91. The molecule has 0 radical (unpaired) electrons. The van der Waals surface area contributed by atoms with Gasteiger partial charge in [-0.05, 0) is 19.1 Å². The summed E-state index contributed by atoms with van der Waals surface area (Å²) in [5, 5.41) is 8.53. The molecule has 9 heteroatoms. The lowest BCUT2D eigenvalue weighted by molar-refractivity contribution is 0.0697. The molecule has 118 valence electrons. The maximum Gasteiger partial charge on any atom is 0.338 e. The van der Waals surface area contributed by atoms with Gasteiger partial charge >= 0.3 is 5.97 Å². The molecule has 0 heterocycles. The van der Waals surface area contributed by atoms with Crippen molar-refractivity contribution in [1.29, 1.82) is 0 Å². The van der Waals surface area contributed by atoms with E-state index >= 15 is 0 Å². The molecule has 1 aromatic rings. The smallest absolute Gasteiger partial charge is 0.338 e. The second-order valence-corrected chi connectivity index (χ2v) is 7.12. The maximum absolute atomic E-state index is 12.5. The van der Waals surface area contributed by atoms with Gasteiger partial charge in [-0.15, -0.1) is 0 Å². The molecule has 1 unspecified atom stereocenters. The molecule has 0 bridgehead atoms. The van der Waals surface area contributed by atoms with Crippen LogP contribution in [0.2, 0.25) is 10.0 Å². The van der Waals surface area contributed by atoms with Crippen molar-refractivity contribution < 1.29 is 23.1 Å². The lowest BCUT2D eigenvalue weighted by Gasteiger charge is -2.24. The summed E-state index contributed by atoms with van der Waals surface area (Å²) in [4.78, 5) is 10.8. The summed E-state index contributed by atoms with van der Waals surface area (Å²) in [6.07, 6.45) is 0. The normalized spacial score (nSPS) is 13.4. The zero-order chi connectivity index (χ0) is 16.4. The number of methoxy groups -OCH3 is 1. The van der Waals surface area contributed by atoms with Crippen LogP contribution in [0.3, 0.4) is 0 Å². The van der Waals surface area contributed by atoms with Crippen LogP contribution in [0.1, 0.15) is 17.3 Å². The Morgan fingerprint density at radius 3 is 2.48 bits per heavy atom. The van der Waals surface area contributed by atoms with Crippen molar-refractivity contribution in [2.24, 2.45) is 0 Å². The minimum Gasteiger partial charge on any atom is -0.478 e. The number of benzene rings is 1. The summed E-state index contributed by atoms with van der Waals surface area (Å²) in [6, 6.07) is 1.93. The number of hydrogen-bond acceptors (Lipinski definition) is 4. The highest BCUT2D eigenvalue weighted by molar-refractivity contribution is 7.89. The van der Waals surface area contributed by atoms with Gasteiger partial charge in [-0.25, -0.2) is 13.2 Å². The third-order valence-corrected chi connectivity index (χ3v) is 5.79. The summed E-state index contributed by atoms with van der Waals surface area (Å²) in [6.45, 7) is 1.84. The highest BCUT2D eigenvalue weighted by atomic mass is 35.5. The van der Waals surface area contributed by atoms with Gasteiger partial charge in [-0.3, -0.25) is 0 Å². The van der Waals surface area contributed by atoms with Crippen molar-refractivity contribution in [3.05, 3.63) is 27.7 Å². The Balaban J connectivity index is 3.40. The predicted molar refractivity (Wildman–Crippen MR) is 79.7 cm³/mol. The first-order valence-electron chi connectivity index (χ1n) is 5.82. The molecule has 1 N–H and O–H groups in total. The van der Waals surface area contributed by atoms with Gasteiger partial charge in [0.25, 0.3) is 0 Å². The second kappa shape index (κ2) is 6.93. The van der Waals surface area contributed by atoms with E-state index in [0.29, 0.717) is 0 Å². The lowest BCUT2D eigenvalue weighted by atomic mass is 10.2. The number of aromatic carboxylic acids is 1. The number of sulfonamides is 1. The molecule has 0 fully saturated rings. The summed E-state index contributed by atoms with van der Waals surface area (Å²) in [7, 11) is -1.15. The number of rotatable bonds is 6. The molecular formula is C12H15Cl2NO5S. The predicted octanol–water partition coefficient (Wildman–Crippen LogP) is 2.35. The Hall–Kier alpha value is -0.860. The molecule has 0 aromatic heterocycles. The monoisotopic (exact) mass is 355 g/mol. The zero-order valence-electron chi connectivity index (χ0n) is 11.6. The first-order chi connectivity index (χ1) is 9.64. The van der Waals surface area contributed by atoms with Gasteiger partial charge in [0.15, 0.2) is 0 Å². The number of halogens is 2. The number of carboxylic acids is 1. The molecule has 6 nitrogen and oxygen atoms in total. The van der Waals surface area contributed by atoms with Crippen LogP contribution in [-0.4, -0.2) is 50.6 Å². The fraction of sp³-hybridized carbons (Fsp3) is 0.417. The molecule has 0 spiro atoms. The molecule has 0 saturated heterocycles. The topological polar surface area (TPSA) is 83.9 Å². The summed E-state index contributed by atoms with van der Waals surface area (Å²) in [5.41, 5.74) is -0.438. The third-order valence-electron chi connectivity index (χ3n) is 2.96. The number of hydrogen-bond donors (Lipinski definition) is 1. The number of ether oxygens (including phenoxy) is 1. The van der Waals surface area contributed by atoms with Gasteiger partial charge in [-0.2, -0.15) is 4.31 Å². The van der Waals surface area contributed by atoms with E-state index in [-0.39, 0.29) is 16.5 Å². The van der Waals surface area contributed by atoms with E-state index in [4.69, 9.17) is 33.0 Å². The van der Waals surface area contributed by atoms with Crippen LogP contribution >= 0.6 is 23.2 Å². The van der Waals surface area contributed by atoms with E-state index in [9.17, 15) is 13.2 Å². The van der Waals surface area contributed by atoms with E-state index in [1.807, 2.05) is 0 Å².